The predicted molar refractivity (Wildman–Crippen MR) is 65.9 cm³/mol. The van der Waals surface area contributed by atoms with Gasteiger partial charge in [0.25, 0.3) is 0 Å². The van der Waals surface area contributed by atoms with Crippen LogP contribution in [0.4, 0.5) is 5.69 Å². The van der Waals surface area contributed by atoms with Crippen LogP contribution in [0.25, 0.3) is 0 Å². The fraction of sp³-hybridized carbons (Fsp3) is 0.308. The van der Waals surface area contributed by atoms with Gasteiger partial charge in [-0.1, -0.05) is 12.1 Å². The number of hydrogen-bond donors (Lipinski definition) is 2. The second-order valence-corrected chi connectivity index (χ2v) is 3.83. The molecule has 1 rings (SSSR count). The van der Waals surface area contributed by atoms with E-state index in [-0.39, 0.29) is 18.7 Å². The monoisotopic (exact) mass is 246 g/mol. The van der Waals surface area contributed by atoms with Gasteiger partial charge in [0, 0.05) is 18.5 Å². The van der Waals surface area contributed by atoms with Crippen LogP contribution in [-0.2, 0) is 16.0 Å². The highest BCUT2D eigenvalue weighted by atomic mass is 16.4. The molecule has 1 aromatic carbocycles. The Balaban J connectivity index is 2.40. The first-order chi connectivity index (χ1) is 8.61. The number of anilines is 1. The molecular weight excluding hydrogens is 232 g/mol. The molecule has 2 N–H and O–H groups in total. The SMILES string of the molecule is N#CCc1ccc(NC(=O)CCCC(=O)O)cc1. The Labute approximate surface area is 105 Å². The molecule has 1 amide bonds. The van der Waals surface area contributed by atoms with E-state index >= 15 is 0 Å². The first-order valence-electron chi connectivity index (χ1n) is 5.59. The third kappa shape index (κ3) is 5.12. The van der Waals surface area contributed by atoms with Gasteiger partial charge in [-0.05, 0) is 24.1 Å². The van der Waals surface area contributed by atoms with Gasteiger partial charge in [-0.3, -0.25) is 9.59 Å². The lowest BCUT2D eigenvalue weighted by atomic mass is 10.1. The van der Waals surface area contributed by atoms with Gasteiger partial charge in [0.2, 0.25) is 5.91 Å². The van der Waals surface area contributed by atoms with Crippen molar-refractivity contribution >= 4 is 17.6 Å². The van der Waals surface area contributed by atoms with Crippen LogP contribution in [0.5, 0.6) is 0 Å². The smallest absolute Gasteiger partial charge is 0.303 e. The number of nitrogens with one attached hydrogen (secondary N) is 1. The standard InChI is InChI=1S/C13H14N2O3/c14-9-8-10-4-6-11(7-5-10)15-12(16)2-1-3-13(17)18/h4-7H,1-3,8H2,(H,15,16)(H,17,18). The number of aliphatic carboxylic acids is 1. The number of rotatable bonds is 6. The topological polar surface area (TPSA) is 90.2 Å². The molecule has 0 unspecified atom stereocenters. The maximum Gasteiger partial charge on any atom is 0.303 e. The fourth-order valence-electron chi connectivity index (χ4n) is 1.42. The van der Waals surface area contributed by atoms with Gasteiger partial charge in [0.1, 0.15) is 0 Å². The quantitative estimate of drug-likeness (QED) is 0.802. The summed E-state index contributed by atoms with van der Waals surface area (Å²) in [6.07, 6.45) is 0.849. The maximum absolute atomic E-state index is 11.4. The summed E-state index contributed by atoms with van der Waals surface area (Å²) in [5.41, 5.74) is 1.54. The van der Waals surface area contributed by atoms with Crippen LogP contribution in [0.3, 0.4) is 0 Å². The zero-order valence-corrected chi connectivity index (χ0v) is 9.85. The van der Waals surface area contributed by atoms with Crippen molar-refractivity contribution in [2.75, 3.05) is 5.32 Å². The average molecular weight is 246 g/mol. The molecule has 1 aromatic rings. The molecule has 0 aromatic heterocycles. The Bertz CT molecular complexity index is 460. The van der Waals surface area contributed by atoms with Gasteiger partial charge in [0.05, 0.1) is 12.5 Å². The number of nitriles is 1. The molecule has 0 aliphatic rings. The minimum absolute atomic E-state index is 0.00543. The third-order valence-corrected chi connectivity index (χ3v) is 2.32. The first kappa shape index (κ1) is 13.7. The molecule has 0 spiro atoms. The lowest BCUT2D eigenvalue weighted by molar-refractivity contribution is -0.137. The molecule has 5 nitrogen and oxygen atoms in total. The molecular formula is C13H14N2O3. The van der Waals surface area contributed by atoms with Crippen LogP contribution >= 0.6 is 0 Å². The molecule has 0 heterocycles. The van der Waals surface area contributed by atoms with Crippen molar-refractivity contribution in [1.29, 1.82) is 5.26 Å². The molecule has 94 valence electrons. The molecule has 0 bridgehead atoms. The number of hydrogen-bond acceptors (Lipinski definition) is 3. The summed E-state index contributed by atoms with van der Waals surface area (Å²) in [6.45, 7) is 0. The molecule has 18 heavy (non-hydrogen) atoms. The van der Waals surface area contributed by atoms with Gasteiger partial charge in [0.15, 0.2) is 0 Å². The molecule has 0 atom stereocenters. The van der Waals surface area contributed by atoms with E-state index < -0.39 is 5.97 Å². The van der Waals surface area contributed by atoms with Crippen molar-refractivity contribution in [2.45, 2.75) is 25.7 Å². The van der Waals surface area contributed by atoms with E-state index in [4.69, 9.17) is 10.4 Å². The molecule has 0 aliphatic carbocycles. The zero-order valence-electron chi connectivity index (χ0n) is 9.85. The van der Waals surface area contributed by atoms with E-state index in [0.717, 1.165) is 5.56 Å². The molecule has 0 fully saturated rings. The summed E-state index contributed by atoms with van der Waals surface area (Å²) >= 11 is 0. The largest absolute Gasteiger partial charge is 0.481 e. The van der Waals surface area contributed by atoms with Crippen molar-refractivity contribution < 1.29 is 14.7 Å². The van der Waals surface area contributed by atoms with Gasteiger partial charge in [-0.25, -0.2) is 0 Å². The van der Waals surface area contributed by atoms with E-state index in [1.165, 1.54) is 0 Å². The van der Waals surface area contributed by atoms with Crippen molar-refractivity contribution in [3.8, 4) is 6.07 Å². The van der Waals surface area contributed by atoms with Gasteiger partial charge < -0.3 is 10.4 Å². The van der Waals surface area contributed by atoms with Crippen LogP contribution in [0.15, 0.2) is 24.3 Å². The summed E-state index contributed by atoms with van der Waals surface area (Å²) in [4.78, 5) is 21.7. The number of carboxylic acids is 1. The Hall–Kier alpha value is -2.35. The average Bonchev–Trinajstić information content (AvgIpc) is 2.31. The minimum atomic E-state index is -0.899. The predicted octanol–water partition coefficient (Wildman–Crippen LogP) is 1.95. The Morgan fingerprint density at radius 2 is 1.89 bits per heavy atom. The molecule has 0 radical (unpaired) electrons. The van der Waals surface area contributed by atoms with Gasteiger partial charge in [-0.15, -0.1) is 0 Å². The highest BCUT2D eigenvalue weighted by molar-refractivity contribution is 5.90. The Kier molecular flexibility index (Phi) is 5.39. The van der Waals surface area contributed by atoms with E-state index in [0.29, 0.717) is 18.5 Å². The number of amides is 1. The molecule has 0 saturated heterocycles. The zero-order chi connectivity index (χ0) is 13.4. The van der Waals surface area contributed by atoms with E-state index in [2.05, 4.69) is 5.32 Å². The van der Waals surface area contributed by atoms with Crippen LogP contribution in [0.2, 0.25) is 0 Å². The number of benzene rings is 1. The lowest BCUT2D eigenvalue weighted by Gasteiger charge is -2.05. The van der Waals surface area contributed by atoms with Crippen LogP contribution in [0.1, 0.15) is 24.8 Å². The van der Waals surface area contributed by atoms with Crippen LogP contribution in [0, 0.1) is 11.3 Å². The normalized spacial score (nSPS) is 9.50. The highest BCUT2D eigenvalue weighted by Gasteiger charge is 2.04. The summed E-state index contributed by atoms with van der Waals surface area (Å²) in [5, 5.41) is 19.6. The minimum Gasteiger partial charge on any atom is -0.481 e. The van der Waals surface area contributed by atoms with Crippen molar-refractivity contribution in [3.63, 3.8) is 0 Å². The van der Waals surface area contributed by atoms with Crippen LogP contribution in [-0.4, -0.2) is 17.0 Å². The van der Waals surface area contributed by atoms with Crippen LogP contribution < -0.4 is 5.32 Å². The number of carboxylic acid groups (broad SMARTS) is 1. The summed E-state index contributed by atoms with van der Waals surface area (Å²) in [7, 11) is 0. The van der Waals surface area contributed by atoms with E-state index in [9.17, 15) is 9.59 Å². The molecule has 0 saturated carbocycles. The van der Waals surface area contributed by atoms with E-state index in [1.54, 1.807) is 24.3 Å². The number of carbonyl (C=O) groups excluding carboxylic acids is 1. The van der Waals surface area contributed by atoms with E-state index in [1.807, 2.05) is 6.07 Å². The summed E-state index contributed by atoms with van der Waals surface area (Å²) in [6, 6.07) is 9.04. The van der Waals surface area contributed by atoms with Crippen molar-refractivity contribution in [2.24, 2.45) is 0 Å². The van der Waals surface area contributed by atoms with Gasteiger partial charge >= 0.3 is 5.97 Å². The number of nitrogens with zero attached hydrogens (tertiary/aromatic N) is 1. The molecule has 0 aliphatic heterocycles. The number of carbonyl (C=O) groups is 2. The van der Waals surface area contributed by atoms with Crippen molar-refractivity contribution in [1.82, 2.24) is 0 Å². The Morgan fingerprint density at radius 3 is 2.44 bits per heavy atom. The summed E-state index contributed by atoms with van der Waals surface area (Å²) in [5.74, 6) is -1.10. The highest BCUT2D eigenvalue weighted by Crippen LogP contribution is 2.10. The lowest BCUT2D eigenvalue weighted by Crippen LogP contribution is -2.11. The maximum atomic E-state index is 11.4. The van der Waals surface area contributed by atoms with Gasteiger partial charge in [-0.2, -0.15) is 5.26 Å². The molecule has 5 heteroatoms. The summed E-state index contributed by atoms with van der Waals surface area (Å²) < 4.78 is 0. The second-order valence-electron chi connectivity index (χ2n) is 3.83. The Morgan fingerprint density at radius 1 is 1.22 bits per heavy atom. The van der Waals surface area contributed by atoms with Crippen molar-refractivity contribution in [3.05, 3.63) is 29.8 Å². The first-order valence-corrected chi connectivity index (χ1v) is 5.59. The second kappa shape index (κ2) is 7.07. The third-order valence-electron chi connectivity index (χ3n) is 2.32. The fourth-order valence-corrected chi connectivity index (χ4v) is 1.42.